The van der Waals surface area contributed by atoms with Crippen molar-refractivity contribution < 1.29 is 9.72 Å². The van der Waals surface area contributed by atoms with Crippen LogP contribution in [0.5, 0.6) is 0 Å². The topological polar surface area (TPSA) is 96.3 Å². The summed E-state index contributed by atoms with van der Waals surface area (Å²) in [7, 11) is 0. The number of carbonyl (C=O) groups is 1. The molecular weight excluding hydrogens is 492 g/mol. The maximum Gasteiger partial charge on any atom is 0.269 e. The van der Waals surface area contributed by atoms with E-state index in [2.05, 4.69) is 16.0 Å². The van der Waals surface area contributed by atoms with Crippen LogP contribution in [0, 0.1) is 10.1 Å². The molecule has 0 aliphatic rings. The highest BCUT2D eigenvalue weighted by Gasteiger charge is 2.22. The molecule has 1 atom stereocenters. The first-order valence-corrected chi connectivity index (χ1v) is 12.3. The second kappa shape index (κ2) is 12.0. The largest absolute Gasteiger partial charge is 0.332 e. The van der Waals surface area contributed by atoms with Gasteiger partial charge in [-0.15, -0.1) is 11.8 Å². The van der Waals surface area contributed by atoms with Gasteiger partial charge in [-0.3, -0.25) is 14.9 Å². The number of non-ortho nitro benzene ring substituents is 1. The van der Waals surface area contributed by atoms with E-state index in [1.54, 1.807) is 0 Å². The highest BCUT2D eigenvalue weighted by Crippen LogP contribution is 2.36. The number of nitrogens with zero attached hydrogens (tertiary/aromatic N) is 1. The predicted octanol–water partition coefficient (Wildman–Crippen LogP) is 6.88. The number of anilines is 3. The quantitative estimate of drug-likeness (QED) is 0.102. The fraction of sp³-hybridized carbons (Fsp3) is 0.0370. The Kier molecular flexibility index (Phi) is 8.28. The number of thioether (sulfide) groups is 1. The van der Waals surface area contributed by atoms with E-state index >= 15 is 0 Å². The second-order valence-electron chi connectivity index (χ2n) is 7.67. The lowest BCUT2D eigenvalue weighted by atomic mass is 10.1. The molecule has 4 rings (SSSR count). The molecular formula is C27H22N4O3S2. The van der Waals surface area contributed by atoms with Gasteiger partial charge in [0.25, 0.3) is 5.69 Å². The smallest absolute Gasteiger partial charge is 0.269 e. The van der Waals surface area contributed by atoms with Gasteiger partial charge in [-0.25, -0.2) is 0 Å². The number of hydrogen-bond donors (Lipinski definition) is 3. The Morgan fingerprint density at radius 3 is 1.81 bits per heavy atom. The number of nitro benzene ring substituents is 1. The third-order valence-corrected chi connectivity index (χ3v) is 6.55. The summed E-state index contributed by atoms with van der Waals surface area (Å²) >= 11 is 6.80. The van der Waals surface area contributed by atoms with Crippen LogP contribution in [0.15, 0.2) is 114 Å². The summed E-state index contributed by atoms with van der Waals surface area (Å²) in [6.07, 6.45) is 0. The molecule has 0 heterocycles. The van der Waals surface area contributed by atoms with Crippen LogP contribution in [0.2, 0.25) is 0 Å². The molecule has 180 valence electrons. The number of benzene rings is 4. The van der Waals surface area contributed by atoms with E-state index in [4.69, 9.17) is 12.2 Å². The molecule has 0 aromatic heterocycles. The number of thiocarbonyl (C=S) groups is 1. The highest BCUT2D eigenvalue weighted by molar-refractivity contribution is 8.00. The van der Waals surface area contributed by atoms with Crippen LogP contribution in [0.3, 0.4) is 0 Å². The van der Waals surface area contributed by atoms with Crippen molar-refractivity contribution >= 4 is 57.7 Å². The van der Waals surface area contributed by atoms with E-state index in [-0.39, 0.29) is 11.6 Å². The van der Waals surface area contributed by atoms with E-state index in [1.165, 1.54) is 36.0 Å². The minimum absolute atomic E-state index is 0.0332. The van der Waals surface area contributed by atoms with E-state index in [9.17, 15) is 14.9 Å². The first kappa shape index (κ1) is 24.9. The van der Waals surface area contributed by atoms with Crippen molar-refractivity contribution in [1.82, 2.24) is 0 Å². The van der Waals surface area contributed by atoms with Crippen molar-refractivity contribution in [2.45, 2.75) is 10.1 Å². The van der Waals surface area contributed by atoms with Gasteiger partial charge in [-0.1, -0.05) is 48.5 Å². The maximum atomic E-state index is 13.2. The fourth-order valence-corrected chi connectivity index (χ4v) is 4.60. The molecule has 1 amide bonds. The molecule has 4 aromatic rings. The number of nitro groups is 1. The molecule has 1 unspecified atom stereocenters. The zero-order valence-electron chi connectivity index (χ0n) is 19.0. The molecule has 36 heavy (non-hydrogen) atoms. The number of amides is 1. The molecule has 0 saturated heterocycles. The van der Waals surface area contributed by atoms with E-state index in [1.807, 2.05) is 84.9 Å². The van der Waals surface area contributed by atoms with Crippen LogP contribution < -0.4 is 16.0 Å². The monoisotopic (exact) mass is 514 g/mol. The van der Waals surface area contributed by atoms with Crippen LogP contribution >= 0.6 is 24.0 Å². The molecule has 0 spiro atoms. The zero-order chi connectivity index (χ0) is 25.3. The van der Waals surface area contributed by atoms with Gasteiger partial charge in [0, 0.05) is 34.1 Å². The summed E-state index contributed by atoms with van der Waals surface area (Å²) in [5, 5.41) is 20.0. The summed E-state index contributed by atoms with van der Waals surface area (Å²) < 4.78 is 0. The third-order valence-electron chi connectivity index (χ3n) is 5.08. The number of hydrogen-bond acceptors (Lipinski definition) is 5. The summed E-state index contributed by atoms with van der Waals surface area (Å²) in [6.45, 7) is 0. The third kappa shape index (κ3) is 6.91. The standard InChI is InChI=1S/C27H22N4O3S2/c32-26(28-21-11-15-23(16-12-21)31(33)34)25(19-7-3-1-4-8-19)36-24-17-13-22(14-18-24)30-27(35)29-20-9-5-2-6-10-20/h1-18,25H,(H,28,32)(H2,29,30,35). The van der Waals surface area contributed by atoms with E-state index < -0.39 is 10.2 Å². The van der Waals surface area contributed by atoms with E-state index in [0.717, 1.165) is 21.8 Å². The first-order chi connectivity index (χ1) is 17.5. The molecule has 0 aliphatic heterocycles. The second-order valence-corrected chi connectivity index (χ2v) is 9.26. The average molecular weight is 515 g/mol. The van der Waals surface area contributed by atoms with Crippen LogP contribution in [-0.2, 0) is 4.79 Å². The number of para-hydroxylation sites is 1. The lowest BCUT2D eigenvalue weighted by molar-refractivity contribution is -0.384. The number of carbonyl (C=O) groups excluding carboxylic acids is 1. The van der Waals surface area contributed by atoms with Crippen LogP contribution in [0.4, 0.5) is 22.7 Å². The Hall–Kier alpha value is -4.21. The molecule has 4 aromatic carbocycles. The van der Waals surface area contributed by atoms with Crippen LogP contribution in [-0.4, -0.2) is 15.9 Å². The molecule has 0 radical (unpaired) electrons. The minimum Gasteiger partial charge on any atom is -0.332 e. The van der Waals surface area contributed by atoms with Gasteiger partial charge in [0.1, 0.15) is 5.25 Å². The SMILES string of the molecule is O=C(Nc1ccc([N+](=O)[O-])cc1)C(Sc1ccc(NC(=S)Nc2ccccc2)cc1)c1ccccc1. The van der Waals surface area contributed by atoms with Crippen molar-refractivity contribution in [2.75, 3.05) is 16.0 Å². The average Bonchev–Trinajstić information content (AvgIpc) is 2.89. The van der Waals surface area contributed by atoms with Crippen molar-refractivity contribution in [1.29, 1.82) is 0 Å². The Labute approximate surface area is 218 Å². The summed E-state index contributed by atoms with van der Waals surface area (Å²) in [4.78, 5) is 24.5. The molecule has 0 fully saturated rings. The summed E-state index contributed by atoms with van der Waals surface area (Å²) in [5.74, 6) is -0.226. The van der Waals surface area contributed by atoms with Gasteiger partial charge in [-0.2, -0.15) is 0 Å². The maximum absolute atomic E-state index is 13.2. The van der Waals surface area contributed by atoms with Crippen LogP contribution in [0.25, 0.3) is 0 Å². The molecule has 0 bridgehead atoms. The summed E-state index contributed by atoms with van der Waals surface area (Å²) in [5.41, 5.74) is 3.02. The number of nitrogens with one attached hydrogen (secondary N) is 3. The molecule has 9 heteroatoms. The van der Waals surface area contributed by atoms with E-state index in [0.29, 0.717) is 10.8 Å². The van der Waals surface area contributed by atoms with Crippen molar-refractivity contribution in [3.63, 3.8) is 0 Å². The molecule has 0 saturated carbocycles. The van der Waals surface area contributed by atoms with Crippen LogP contribution in [0.1, 0.15) is 10.8 Å². The lowest BCUT2D eigenvalue weighted by Crippen LogP contribution is -2.19. The fourth-order valence-electron chi connectivity index (χ4n) is 3.34. The normalized spacial score (nSPS) is 11.2. The van der Waals surface area contributed by atoms with Gasteiger partial charge >= 0.3 is 0 Å². The zero-order valence-corrected chi connectivity index (χ0v) is 20.6. The van der Waals surface area contributed by atoms with Gasteiger partial charge in [-0.05, 0) is 66.3 Å². The Morgan fingerprint density at radius 1 is 0.722 bits per heavy atom. The van der Waals surface area contributed by atoms with Crippen molar-refractivity contribution in [3.05, 3.63) is 125 Å². The molecule has 3 N–H and O–H groups in total. The van der Waals surface area contributed by atoms with Gasteiger partial charge in [0.05, 0.1) is 4.92 Å². The van der Waals surface area contributed by atoms with Gasteiger partial charge < -0.3 is 16.0 Å². The minimum atomic E-state index is -0.527. The first-order valence-electron chi connectivity index (χ1n) is 11.0. The number of rotatable bonds is 8. The van der Waals surface area contributed by atoms with Crippen molar-refractivity contribution in [2.24, 2.45) is 0 Å². The molecule has 7 nitrogen and oxygen atoms in total. The lowest BCUT2D eigenvalue weighted by Gasteiger charge is -2.17. The Morgan fingerprint density at radius 2 is 1.22 bits per heavy atom. The van der Waals surface area contributed by atoms with Crippen molar-refractivity contribution in [3.8, 4) is 0 Å². The molecule has 0 aliphatic carbocycles. The highest BCUT2D eigenvalue weighted by atomic mass is 32.2. The summed E-state index contributed by atoms with van der Waals surface area (Å²) in [6, 6.07) is 32.5. The Bertz CT molecular complexity index is 1330. The Balaban J connectivity index is 1.44. The predicted molar refractivity (Wildman–Crippen MR) is 149 cm³/mol. The van der Waals surface area contributed by atoms with Gasteiger partial charge in [0.2, 0.25) is 5.91 Å². The van der Waals surface area contributed by atoms with Gasteiger partial charge in [0.15, 0.2) is 5.11 Å².